The zero-order valence-electron chi connectivity index (χ0n) is 9.93. The number of rotatable bonds is 6. The van der Waals surface area contributed by atoms with Crippen LogP contribution in [0.1, 0.15) is 29.6 Å². The second-order valence-corrected chi connectivity index (χ2v) is 3.83. The number of carbonyl (C=O) groups is 2. The van der Waals surface area contributed by atoms with Gasteiger partial charge in [-0.1, -0.05) is 18.2 Å². The van der Waals surface area contributed by atoms with Gasteiger partial charge >= 0.3 is 5.97 Å². The van der Waals surface area contributed by atoms with E-state index < -0.39 is 12.0 Å². The highest BCUT2D eigenvalue weighted by molar-refractivity contribution is 5.96. The molecule has 1 aromatic rings. The molecule has 1 amide bonds. The maximum Gasteiger partial charge on any atom is 0.326 e. The number of carboxylic acid groups (broad SMARTS) is 1. The lowest BCUT2D eigenvalue weighted by Gasteiger charge is -2.13. The van der Waals surface area contributed by atoms with Crippen LogP contribution in [0.25, 0.3) is 0 Å². The number of benzene rings is 1. The van der Waals surface area contributed by atoms with Crippen molar-refractivity contribution in [1.82, 2.24) is 5.32 Å². The molecule has 94 valence electrons. The van der Waals surface area contributed by atoms with Gasteiger partial charge in [0.25, 0.3) is 5.91 Å². The number of carboxylic acids is 1. The smallest absolute Gasteiger partial charge is 0.326 e. The van der Waals surface area contributed by atoms with E-state index in [1.807, 2.05) is 0 Å². The van der Waals surface area contributed by atoms with Crippen LogP contribution in [0.3, 0.4) is 0 Å². The number of amides is 1. The number of unbranched alkanes of at least 4 members (excludes halogenated alkanes) is 1. The summed E-state index contributed by atoms with van der Waals surface area (Å²) in [4.78, 5) is 22.8. The van der Waals surface area contributed by atoms with E-state index in [1.165, 1.54) is 0 Å². The molecule has 4 heteroatoms. The van der Waals surface area contributed by atoms with Crippen molar-refractivity contribution in [2.75, 3.05) is 0 Å². The molecular weight excluding hydrogens is 230 g/mol. The molecule has 2 N–H and O–H groups in total. The van der Waals surface area contributed by atoms with Gasteiger partial charge in [-0.25, -0.2) is 4.79 Å². The number of carbonyl (C=O) groups excluding carboxylic acids is 1. The topological polar surface area (TPSA) is 66.4 Å². The van der Waals surface area contributed by atoms with Crippen molar-refractivity contribution in [2.24, 2.45) is 0 Å². The summed E-state index contributed by atoms with van der Waals surface area (Å²) in [5, 5.41) is 11.5. The van der Waals surface area contributed by atoms with Gasteiger partial charge in [0, 0.05) is 12.0 Å². The number of aliphatic carboxylic acids is 1. The minimum absolute atomic E-state index is 0.331. The Balaban J connectivity index is 2.59. The molecule has 0 bridgehead atoms. The first-order chi connectivity index (χ1) is 8.65. The Morgan fingerprint density at radius 1 is 1.33 bits per heavy atom. The van der Waals surface area contributed by atoms with Gasteiger partial charge in [-0.3, -0.25) is 4.79 Å². The summed E-state index contributed by atoms with van der Waals surface area (Å²) in [5.41, 5.74) is 0.445. The second-order valence-electron chi connectivity index (χ2n) is 3.83. The van der Waals surface area contributed by atoms with Gasteiger partial charge in [0.1, 0.15) is 6.04 Å². The van der Waals surface area contributed by atoms with Crippen LogP contribution in [-0.2, 0) is 4.79 Å². The third-order valence-electron chi connectivity index (χ3n) is 2.45. The van der Waals surface area contributed by atoms with E-state index in [2.05, 4.69) is 11.2 Å². The lowest BCUT2D eigenvalue weighted by atomic mass is 10.1. The van der Waals surface area contributed by atoms with Gasteiger partial charge in [0.15, 0.2) is 0 Å². The highest BCUT2D eigenvalue weighted by Crippen LogP contribution is 2.04. The van der Waals surface area contributed by atoms with E-state index in [0.29, 0.717) is 24.8 Å². The highest BCUT2D eigenvalue weighted by Gasteiger charge is 2.19. The van der Waals surface area contributed by atoms with Gasteiger partial charge in [-0.15, -0.1) is 12.3 Å². The molecule has 0 fully saturated rings. The molecule has 0 aliphatic carbocycles. The molecule has 0 unspecified atom stereocenters. The summed E-state index contributed by atoms with van der Waals surface area (Å²) in [7, 11) is 0. The Labute approximate surface area is 106 Å². The van der Waals surface area contributed by atoms with Crippen molar-refractivity contribution in [3.05, 3.63) is 35.9 Å². The normalized spacial score (nSPS) is 11.3. The summed E-state index contributed by atoms with van der Waals surface area (Å²) in [6.45, 7) is 0. The maximum absolute atomic E-state index is 11.8. The van der Waals surface area contributed by atoms with E-state index in [-0.39, 0.29) is 5.91 Å². The number of hydrogen-bond donors (Lipinski definition) is 2. The van der Waals surface area contributed by atoms with E-state index in [0.717, 1.165) is 0 Å². The van der Waals surface area contributed by atoms with E-state index >= 15 is 0 Å². The lowest BCUT2D eigenvalue weighted by Crippen LogP contribution is -2.40. The van der Waals surface area contributed by atoms with Crippen LogP contribution in [0.4, 0.5) is 0 Å². The van der Waals surface area contributed by atoms with Crippen LogP contribution in [-0.4, -0.2) is 23.0 Å². The summed E-state index contributed by atoms with van der Waals surface area (Å²) >= 11 is 0. The van der Waals surface area contributed by atoms with Gasteiger partial charge in [-0.05, 0) is 25.0 Å². The Bertz CT molecular complexity index is 448. The first-order valence-corrected chi connectivity index (χ1v) is 5.67. The fraction of sp³-hybridized carbons (Fsp3) is 0.286. The largest absolute Gasteiger partial charge is 0.480 e. The average molecular weight is 245 g/mol. The standard InChI is InChI=1S/C14H15NO3/c1-2-3-5-10-12(14(17)18)15-13(16)11-8-6-4-7-9-11/h1,4,6-9,12H,3,5,10H2,(H,15,16)(H,17,18)/t12-/m1/s1. The van der Waals surface area contributed by atoms with Crippen molar-refractivity contribution in [2.45, 2.75) is 25.3 Å². The molecule has 0 saturated heterocycles. The predicted molar refractivity (Wildman–Crippen MR) is 68.0 cm³/mol. The van der Waals surface area contributed by atoms with Crippen molar-refractivity contribution in [3.8, 4) is 12.3 Å². The van der Waals surface area contributed by atoms with Gasteiger partial charge in [0.05, 0.1) is 0 Å². The van der Waals surface area contributed by atoms with Crippen LogP contribution in [0, 0.1) is 12.3 Å². The second kappa shape index (κ2) is 7.13. The molecule has 4 nitrogen and oxygen atoms in total. The Hall–Kier alpha value is -2.28. The quantitative estimate of drug-likeness (QED) is 0.592. The van der Waals surface area contributed by atoms with Gasteiger partial charge < -0.3 is 10.4 Å². The number of terminal acetylenes is 1. The molecule has 0 spiro atoms. The Kier molecular flexibility index (Phi) is 5.46. The summed E-state index contributed by atoms with van der Waals surface area (Å²) < 4.78 is 0. The minimum Gasteiger partial charge on any atom is -0.480 e. The molecule has 0 aliphatic rings. The van der Waals surface area contributed by atoms with Crippen LogP contribution >= 0.6 is 0 Å². The van der Waals surface area contributed by atoms with E-state index in [9.17, 15) is 9.59 Å². The van der Waals surface area contributed by atoms with Crippen molar-refractivity contribution in [1.29, 1.82) is 0 Å². The monoisotopic (exact) mass is 245 g/mol. The fourth-order valence-electron chi connectivity index (χ4n) is 1.50. The lowest BCUT2D eigenvalue weighted by molar-refractivity contribution is -0.139. The molecular formula is C14H15NO3. The van der Waals surface area contributed by atoms with E-state index in [4.69, 9.17) is 11.5 Å². The molecule has 18 heavy (non-hydrogen) atoms. The molecule has 1 atom stereocenters. The average Bonchev–Trinajstić information content (AvgIpc) is 2.38. The predicted octanol–water partition coefficient (Wildman–Crippen LogP) is 1.67. The highest BCUT2D eigenvalue weighted by atomic mass is 16.4. The fourth-order valence-corrected chi connectivity index (χ4v) is 1.50. The first-order valence-electron chi connectivity index (χ1n) is 5.67. The molecule has 1 rings (SSSR count). The van der Waals surface area contributed by atoms with Gasteiger partial charge in [0.2, 0.25) is 0 Å². The Morgan fingerprint density at radius 2 is 2.00 bits per heavy atom. The molecule has 0 heterocycles. The number of nitrogens with one attached hydrogen (secondary N) is 1. The SMILES string of the molecule is C#CCCC[C@@H](NC(=O)c1ccccc1)C(=O)O. The third-order valence-corrected chi connectivity index (χ3v) is 2.45. The number of hydrogen-bond acceptors (Lipinski definition) is 2. The van der Waals surface area contributed by atoms with Crippen molar-refractivity contribution < 1.29 is 14.7 Å². The zero-order valence-corrected chi connectivity index (χ0v) is 9.93. The van der Waals surface area contributed by atoms with Crippen LogP contribution in [0.5, 0.6) is 0 Å². The minimum atomic E-state index is -1.05. The van der Waals surface area contributed by atoms with Crippen LogP contribution < -0.4 is 5.32 Å². The zero-order chi connectivity index (χ0) is 13.4. The van der Waals surface area contributed by atoms with Crippen LogP contribution in [0.15, 0.2) is 30.3 Å². The molecule has 1 aromatic carbocycles. The van der Waals surface area contributed by atoms with E-state index in [1.54, 1.807) is 30.3 Å². The Morgan fingerprint density at radius 3 is 2.56 bits per heavy atom. The van der Waals surface area contributed by atoms with Gasteiger partial charge in [-0.2, -0.15) is 0 Å². The van der Waals surface area contributed by atoms with Crippen molar-refractivity contribution >= 4 is 11.9 Å². The first kappa shape index (κ1) is 13.8. The van der Waals surface area contributed by atoms with Crippen molar-refractivity contribution in [3.63, 3.8) is 0 Å². The molecule has 0 radical (unpaired) electrons. The summed E-state index contributed by atoms with van der Waals surface area (Å²) in [6.07, 6.45) is 6.51. The molecule has 0 saturated carbocycles. The molecule has 0 aliphatic heterocycles. The summed E-state index contributed by atoms with van der Waals surface area (Å²) in [5.74, 6) is 1.01. The molecule has 0 aromatic heterocycles. The van der Waals surface area contributed by atoms with Crippen LogP contribution in [0.2, 0.25) is 0 Å². The summed E-state index contributed by atoms with van der Waals surface area (Å²) in [6, 6.07) is 7.61. The third kappa shape index (κ3) is 4.30. The maximum atomic E-state index is 11.8.